The molecule has 1 saturated carbocycles. The Morgan fingerprint density at radius 3 is 3.05 bits per heavy atom. The monoisotopic (exact) mass is 263 g/mol. The van der Waals surface area contributed by atoms with Gasteiger partial charge in [-0.3, -0.25) is 9.69 Å². The topological polar surface area (TPSA) is 20.3 Å². The maximum absolute atomic E-state index is 11.9. The number of Topliss-reactive ketones (excluding diaryl/α,β-unsaturated/α-hetero) is 1. The van der Waals surface area contributed by atoms with Gasteiger partial charge in [-0.1, -0.05) is 32.3 Å². The summed E-state index contributed by atoms with van der Waals surface area (Å²) in [5, 5.41) is 0. The molecule has 0 N–H and O–H groups in total. The smallest absolute Gasteiger partial charge is 0.133 e. The second kappa shape index (κ2) is 6.69. The van der Waals surface area contributed by atoms with Crippen LogP contribution in [-0.2, 0) is 4.79 Å². The largest absolute Gasteiger partial charge is 0.300 e. The van der Waals surface area contributed by atoms with Crippen LogP contribution in [0.3, 0.4) is 0 Å². The first-order valence-electron chi connectivity index (χ1n) is 8.05. The van der Waals surface area contributed by atoms with Crippen molar-refractivity contribution in [1.82, 2.24) is 4.90 Å². The van der Waals surface area contributed by atoms with E-state index in [1.54, 1.807) is 0 Å². The van der Waals surface area contributed by atoms with Gasteiger partial charge in [-0.2, -0.15) is 0 Å². The fourth-order valence-corrected chi connectivity index (χ4v) is 4.12. The van der Waals surface area contributed by atoms with Crippen LogP contribution in [-0.4, -0.2) is 30.3 Å². The van der Waals surface area contributed by atoms with E-state index >= 15 is 0 Å². The first-order valence-corrected chi connectivity index (χ1v) is 8.05. The molecule has 0 aromatic carbocycles. The third kappa shape index (κ3) is 3.47. The Balaban J connectivity index is 2.02. The summed E-state index contributed by atoms with van der Waals surface area (Å²) in [6.45, 7) is 9.46. The van der Waals surface area contributed by atoms with Crippen molar-refractivity contribution in [3.05, 3.63) is 12.7 Å². The van der Waals surface area contributed by atoms with Crippen molar-refractivity contribution < 1.29 is 4.79 Å². The third-order valence-electron chi connectivity index (χ3n) is 5.26. The summed E-state index contributed by atoms with van der Waals surface area (Å²) < 4.78 is 0. The molecule has 1 aliphatic heterocycles. The number of hydrogen-bond acceptors (Lipinski definition) is 2. The Kier molecular flexibility index (Phi) is 5.20. The molecular formula is C17H29NO. The first-order chi connectivity index (χ1) is 9.20. The summed E-state index contributed by atoms with van der Waals surface area (Å²) in [6, 6.07) is 0. The van der Waals surface area contributed by atoms with Gasteiger partial charge >= 0.3 is 0 Å². The second-order valence-corrected chi connectivity index (χ2v) is 6.57. The van der Waals surface area contributed by atoms with Crippen LogP contribution in [0.2, 0.25) is 0 Å². The van der Waals surface area contributed by atoms with E-state index in [9.17, 15) is 4.79 Å². The molecule has 0 radical (unpaired) electrons. The van der Waals surface area contributed by atoms with Crippen LogP contribution < -0.4 is 0 Å². The van der Waals surface area contributed by atoms with Crippen LogP contribution in [0.15, 0.2) is 12.7 Å². The van der Waals surface area contributed by atoms with Crippen LogP contribution in [0.25, 0.3) is 0 Å². The maximum Gasteiger partial charge on any atom is 0.133 e. The molecular weight excluding hydrogens is 234 g/mol. The predicted molar refractivity (Wildman–Crippen MR) is 80.2 cm³/mol. The standard InChI is InChI=1S/C17H29NO/c1-3-5-6-9-17-10-12-18(11-4-2)14-15(17)7-8-16(19)13-17/h4,15H,2-3,5-14H2,1H3. The zero-order chi connectivity index (χ0) is 13.7. The zero-order valence-corrected chi connectivity index (χ0v) is 12.5. The Bertz CT molecular complexity index is 325. The highest BCUT2D eigenvalue weighted by atomic mass is 16.1. The average Bonchev–Trinajstić information content (AvgIpc) is 2.40. The summed E-state index contributed by atoms with van der Waals surface area (Å²) in [7, 11) is 0. The predicted octanol–water partition coefficient (Wildman–Crippen LogP) is 3.81. The van der Waals surface area contributed by atoms with E-state index in [0.29, 0.717) is 11.2 Å². The normalized spacial score (nSPS) is 32.1. The number of ketones is 1. The number of carbonyl (C=O) groups excluding carboxylic acids is 1. The van der Waals surface area contributed by atoms with E-state index in [4.69, 9.17) is 0 Å². The minimum absolute atomic E-state index is 0.349. The molecule has 0 bridgehead atoms. The van der Waals surface area contributed by atoms with Crippen LogP contribution in [0.1, 0.15) is 58.3 Å². The molecule has 2 atom stereocenters. The van der Waals surface area contributed by atoms with E-state index in [1.807, 2.05) is 6.08 Å². The molecule has 2 aliphatic rings. The maximum atomic E-state index is 11.9. The van der Waals surface area contributed by atoms with Gasteiger partial charge in [0.15, 0.2) is 0 Å². The lowest BCUT2D eigenvalue weighted by atomic mass is 9.60. The average molecular weight is 263 g/mol. The van der Waals surface area contributed by atoms with Gasteiger partial charge in [0.25, 0.3) is 0 Å². The lowest BCUT2D eigenvalue weighted by molar-refractivity contribution is -0.129. The van der Waals surface area contributed by atoms with E-state index in [-0.39, 0.29) is 0 Å². The molecule has 2 unspecified atom stereocenters. The number of piperidine rings is 1. The number of unbranched alkanes of at least 4 members (excludes halogenated alkanes) is 2. The quantitative estimate of drug-likeness (QED) is 0.536. The molecule has 0 spiro atoms. The highest BCUT2D eigenvalue weighted by Gasteiger charge is 2.45. The van der Waals surface area contributed by atoms with Crippen molar-refractivity contribution >= 4 is 5.78 Å². The van der Waals surface area contributed by atoms with Gasteiger partial charge in [-0.05, 0) is 37.1 Å². The molecule has 19 heavy (non-hydrogen) atoms. The minimum atomic E-state index is 0.349. The van der Waals surface area contributed by atoms with Crippen LogP contribution in [0, 0.1) is 11.3 Å². The van der Waals surface area contributed by atoms with Crippen molar-refractivity contribution in [3.8, 4) is 0 Å². The molecule has 1 saturated heterocycles. The Morgan fingerprint density at radius 2 is 2.32 bits per heavy atom. The number of nitrogens with zero attached hydrogens (tertiary/aromatic N) is 1. The van der Waals surface area contributed by atoms with Crippen molar-refractivity contribution in [2.45, 2.75) is 58.3 Å². The molecule has 1 aliphatic carbocycles. The fraction of sp³-hybridized carbons (Fsp3) is 0.824. The van der Waals surface area contributed by atoms with Gasteiger partial charge in [-0.25, -0.2) is 0 Å². The number of rotatable bonds is 6. The molecule has 0 amide bonds. The van der Waals surface area contributed by atoms with Crippen molar-refractivity contribution in [2.24, 2.45) is 11.3 Å². The van der Waals surface area contributed by atoms with Crippen molar-refractivity contribution in [2.75, 3.05) is 19.6 Å². The number of carbonyl (C=O) groups is 1. The van der Waals surface area contributed by atoms with Gasteiger partial charge in [0.05, 0.1) is 0 Å². The minimum Gasteiger partial charge on any atom is -0.300 e. The Labute approximate surface area is 118 Å². The Morgan fingerprint density at radius 1 is 1.47 bits per heavy atom. The summed E-state index contributed by atoms with van der Waals surface area (Å²) in [4.78, 5) is 14.5. The van der Waals surface area contributed by atoms with E-state index in [0.717, 1.165) is 38.3 Å². The van der Waals surface area contributed by atoms with E-state index in [1.165, 1.54) is 38.6 Å². The van der Waals surface area contributed by atoms with Crippen LogP contribution in [0.5, 0.6) is 0 Å². The molecule has 2 heteroatoms. The lowest BCUT2D eigenvalue weighted by Crippen LogP contribution is -2.50. The SMILES string of the molecule is C=CCN1CCC2(CCCCC)CC(=O)CCC2C1. The molecule has 2 fully saturated rings. The number of hydrogen-bond donors (Lipinski definition) is 0. The van der Waals surface area contributed by atoms with Crippen LogP contribution in [0.4, 0.5) is 0 Å². The van der Waals surface area contributed by atoms with E-state index < -0.39 is 0 Å². The van der Waals surface area contributed by atoms with Gasteiger partial charge in [-0.15, -0.1) is 6.58 Å². The fourth-order valence-electron chi connectivity index (χ4n) is 4.12. The summed E-state index contributed by atoms with van der Waals surface area (Å²) in [5.74, 6) is 1.26. The zero-order valence-electron chi connectivity index (χ0n) is 12.5. The van der Waals surface area contributed by atoms with Gasteiger partial charge in [0.2, 0.25) is 0 Å². The number of likely N-dealkylation sites (tertiary alicyclic amines) is 1. The summed E-state index contributed by atoms with van der Waals surface area (Å²) in [6.07, 6.45) is 11.2. The molecule has 108 valence electrons. The number of fused-ring (bicyclic) bond motifs is 1. The summed E-state index contributed by atoms with van der Waals surface area (Å²) in [5.41, 5.74) is 0.349. The lowest BCUT2D eigenvalue weighted by Gasteiger charge is -2.50. The van der Waals surface area contributed by atoms with Gasteiger partial charge in [0, 0.05) is 25.9 Å². The molecule has 1 heterocycles. The molecule has 2 nitrogen and oxygen atoms in total. The van der Waals surface area contributed by atoms with E-state index in [2.05, 4.69) is 18.4 Å². The second-order valence-electron chi connectivity index (χ2n) is 6.57. The van der Waals surface area contributed by atoms with Crippen LogP contribution >= 0.6 is 0 Å². The van der Waals surface area contributed by atoms with Gasteiger partial charge in [0.1, 0.15) is 5.78 Å². The highest BCUT2D eigenvalue weighted by molar-refractivity contribution is 5.80. The first kappa shape index (κ1) is 14.8. The molecule has 0 aromatic rings. The summed E-state index contributed by atoms with van der Waals surface area (Å²) >= 11 is 0. The highest BCUT2D eigenvalue weighted by Crippen LogP contribution is 2.49. The van der Waals surface area contributed by atoms with Crippen molar-refractivity contribution in [3.63, 3.8) is 0 Å². The van der Waals surface area contributed by atoms with Crippen molar-refractivity contribution in [1.29, 1.82) is 0 Å². The third-order valence-corrected chi connectivity index (χ3v) is 5.26. The van der Waals surface area contributed by atoms with Gasteiger partial charge < -0.3 is 0 Å². The Hall–Kier alpha value is -0.630. The molecule has 0 aromatic heterocycles. The molecule has 2 rings (SSSR count).